The second-order valence-corrected chi connectivity index (χ2v) is 5.93. The number of piperidine rings is 1. The van der Waals surface area contributed by atoms with Crippen molar-refractivity contribution in [2.24, 2.45) is 5.41 Å². The zero-order chi connectivity index (χ0) is 14.2. The maximum atomic E-state index is 9.80. The van der Waals surface area contributed by atoms with E-state index < -0.39 is 5.41 Å². The summed E-state index contributed by atoms with van der Waals surface area (Å²) in [5, 5.41) is 19.6. The Balaban J connectivity index is 2.26. The third-order valence-corrected chi connectivity index (χ3v) is 5.24. The molecular formula is C17H19N3. The largest absolute Gasteiger partial charge is 0.363 e. The van der Waals surface area contributed by atoms with E-state index in [1.165, 1.54) is 5.69 Å². The number of rotatable bonds is 1. The van der Waals surface area contributed by atoms with Gasteiger partial charge in [0.25, 0.3) is 0 Å². The Morgan fingerprint density at radius 1 is 1.20 bits per heavy atom. The van der Waals surface area contributed by atoms with Crippen molar-refractivity contribution in [1.29, 1.82) is 10.5 Å². The third-order valence-electron chi connectivity index (χ3n) is 5.24. The monoisotopic (exact) mass is 265 g/mol. The van der Waals surface area contributed by atoms with Gasteiger partial charge in [-0.3, -0.25) is 0 Å². The van der Waals surface area contributed by atoms with Crippen molar-refractivity contribution >= 4 is 5.69 Å². The van der Waals surface area contributed by atoms with Crippen molar-refractivity contribution in [3.63, 3.8) is 0 Å². The second kappa shape index (κ2) is 4.53. The summed E-state index contributed by atoms with van der Waals surface area (Å²) < 4.78 is 0. The topological polar surface area (TPSA) is 50.8 Å². The van der Waals surface area contributed by atoms with Crippen molar-refractivity contribution in [2.75, 3.05) is 11.4 Å². The molecule has 3 rings (SSSR count). The molecular weight excluding hydrogens is 246 g/mol. The molecule has 1 fully saturated rings. The zero-order valence-corrected chi connectivity index (χ0v) is 11.9. The first kappa shape index (κ1) is 13.0. The van der Waals surface area contributed by atoms with Gasteiger partial charge in [0.1, 0.15) is 0 Å². The molecule has 2 aliphatic rings. The van der Waals surface area contributed by atoms with Gasteiger partial charge in [-0.05, 0) is 37.3 Å². The lowest BCUT2D eigenvalue weighted by Crippen LogP contribution is -2.64. The van der Waals surface area contributed by atoms with Crippen molar-refractivity contribution in [2.45, 2.75) is 44.6 Å². The van der Waals surface area contributed by atoms with Crippen LogP contribution < -0.4 is 4.90 Å². The first-order valence-electron chi connectivity index (χ1n) is 7.41. The first-order valence-corrected chi connectivity index (χ1v) is 7.41. The molecule has 0 radical (unpaired) electrons. The van der Waals surface area contributed by atoms with Crippen LogP contribution in [-0.2, 0) is 6.42 Å². The van der Waals surface area contributed by atoms with Crippen LogP contribution in [0.3, 0.4) is 0 Å². The highest BCUT2D eigenvalue weighted by molar-refractivity contribution is 5.62. The highest BCUT2D eigenvalue weighted by Gasteiger charge is 2.58. The van der Waals surface area contributed by atoms with Crippen molar-refractivity contribution in [3.05, 3.63) is 29.8 Å². The lowest BCUT2D eigenvalue weighted by atomic mass is 9.59. The molecule has 0 N–H and O–H groups in total. The normalized spacial score (nSPS) is 26.9. The highest BCUT2D eigenvalue weighted by Crippen LogP contribution is 2.53. The van der Waals surface area contributed by atoms with Crippen LogP contribution in [0.1, 0.15) is 38.2 Å². The van der Waals surface area contributed by atoms with Crippen molar-refractivity contribution in [3.8, 4) is 12.1 Å². The summed E-state index contributed by atoms with van der Waals surface area (Å²) in [6.07, 6.45) is 4.60. The van der Waals surface area contributed by atoms with E-state index in [2.05, 4.69) is 42.2 Å². The number of nitriles is 2. The van der Waals surface area contributed by atoms with Gasteiger partial charge in [0.05, 0.1) is 17.7 Å². The summed E-state index contributed by atoms with van der Waals surface area (Å²) in [5.41, 5.74) is 1.14. The number of fused-ring (bicyclic) bond motifs is 3. The molecule has 102 valence electrons. The minimum atomic E-state index is -0.920. The summed E-state index contributed by atoms with van der Waals surface area (Å²) >= 11 is 0. The number of hydrogen-bond donors (Lipinski definition) is 0. The molecule has 0 saturated carbocycles. The van der Waals surface area contributed by atoms with Gasteiger partial charge >= 0.3 is 0 Å². The van der Waals surface area contributed by atoms with Crippen LogP contribution in [0.2, 0.25) is 0 Å². The van der Waals surface area contributed by atoms with E-state index in [0.29, 0.717) is 6.42 Å². The Bertz CT molecular complexity index is 593. The van der Waals surface area contributed by atoms with E-state index in [0.717, 1.165) is 37.8 Å². The van der Waals surface area contributed by atoms with Crippen LogP contribution >= 0.6 is 0 Å². The number of hydrogen-bond acceptors (Lipinski definition) is 3. The second-order valence-electron chi connectivity index (χ2n) is 5.93. The van der Waals surface area contributed by atoms with E-state index in [1.807, 2.05) is 6.07 Å². The smallest absolute Gasteiger partial charge is 0.170 e. The molecule has 1 atom stereocenters. The highest BCUT2D eigenvalue weighted by atomic mass is 15.2. The Morgan fingerprint density at radius 2 is 1.95 bits per heavy atom. The molecule has 1 aromatic carbocycles. The lowest BCUT2D eigenvalue weighted by molar-refractivity contribution is 0.169. The predicted octanol–water partition coefficient (Wildman–Crippen LogP) is 3.42. The van der Waals surface area contributed by atoms with E-state index in [1.54, 1.807) is 0 Å². The van der Waals surface area contributed by atoms with Gasteiger partial charge in [-0.25, -0.2) is 0 Å². The number of anilines is 1. The molecule has 2 heterocycles. The third kappa shape index (κ3) is 1.44. The van der Waals surface area contributed by atoms with Gasteiger partial charge in [0, 0.05) is 18.7 Å². The Hall–Kier alpha value is -2.00. The fraction of sp³-hybridized carbons (Fsp3) is 0.529. The summed E-state index contributed by atoms with van der Waals surface area (Å²) in [7, 11) is 0. The standard InChI is InChI=1S/C17H19N3/c1-2-17-9-5-6-10-20(17)15-8-4-3-7-14(15)11-16(17,12-18)13-19/h3-4,7-8H,2,5-6,9-11H2,1H3. The fourth-order valence-electron chi connectivity index (χ4n) is 4.19. The molecule has 1 saturated heterocycles. The van der Waals surface area contributed by atoms with Crippen LogP contribution in [0.4, 0.5) is 5.69 Å². The fourth-order valence-corrected chi connectivity index (χ4v) is 4.19. The molecule has 0 aromatic heterocycles. The van der Waals surface area contributed by atoms with Crippen LogP contribution in [0.5, 0.6) is 0 Å². The summed E-state index contributed by atoms with van der Waals surface area (Å²) in [5.74, 6) is 0. The Kier molecular flexibility index (Phi) is 2.94. The molecule has 3 heteroatoms. The molecule has 0 aliphatic carbocycles. The molecule has 2 aliphatic heterocycles. The van der Waals surface area contributed by atoms with Gasteiger partial charge < -0.3 is 4.90 Å². The first-order chi connectivity index (χ1) is 9.73. The van der Waals surface area contributed by atoms with Crippen molar-refractivity contribution in [1.82, 2.24) is 0 Å². The van der Waals surface area contributed by atoms with Crippen LogP contribution in [0.15, 0.2) is 24.3 Å². The molecule has 0 amide bonds. The van der Waals surface area contributed by atoms with Gasteiger partial charge in [-0.1, -0.05) is 25.1 Å². The number of nitrogens with zero attached hydrogens (tertiary/aromatic N) is 3. The van der Waals surface area contributed by atoms with E-state index in [4.69, 9.17) is 0 Å². The minimum absolute atomic E-state index is 0.316. The van der Waals surface area contributed by atoms with Gasteiger partial charge in [-0.15, -0.1) is 0 Å². The molecule has 20 heavy (non-hydrogen) atoms. The van der Waals surface area contributed by atoms with Crippen molar-refractivity contribution < 1.29 is 0 Å². The quantitative estimate of drug-likeness (QED) is 0.781. The minimum Gasteiger partial charge on any atom is -0.363 e. The number of para-hydroxylation sites is 1. The van der Waals surface area contributed by atoms with Gasteiger partial charge in [-0.2, -0.15) is 10.5 Å². The van der Waals surface area contributed by atoms with Crippen LogP contribution in [0, 0.1) is 28.1 Å². The Morgan fingerprint density at radius 3 is 2.65 bits per heavy atom. The molecule has 1 unspecified atom stereocenters. The SMILES string of the molecule is CCC12CCCCN1c1ccccc1CC2(C#N)C#N. The summed E-state index contributed by atoms with van der Waals surface area (Å²) in [6, 6.07) is 13.1. The average molecular weight is 265 g/mol. The maximum Gasteiger partial charge on any atom is 0.170 e. The predicted molar refractivity (Wildman–Crippen MR) is 78.0 cm³/mol. The van der Waals surface area contributed by atoms with E-state index >= 15 is 0 Å². The summed E-state index contributed by atoms with van der Waals surface area (Å²) in [4.78, 5) is 2.36. The molecule has 1 aromatic rings. The zero-order valence-electron chi connectivity index (χ0n) is 11.9. The van der Waals surface area contributed by atoms with Crippen LogP contribution in [-0.4, -0.2) is 12.1 Å². The number of benzene rings is 1. The van der Waals surface area contributed by atoms with Gasteiger partial charge in [0.15, 0.2) is 5.41 Å². The molecule has 0 bridgehead atoms. The van der Waals surface area contributed by atoms with E-state index in [9.17, 15) is 10.5 Å². The lowest BCUT2D eigenvalue weighted by Gasteiger charge is -2.57. The summed E-state index contributed by atoms with van der Waals surface area (Å²) in [6.45, 7) is 3.08. The Labute approximate surface area is 120 Å². The van der Waals surface area contributed by atoms with Crippen LogP contribution in [0.25, 0.3) is 0 Å². The molecule has 0 spiro atoms. The average Bonchev–Trinajstić information content (AvgIpc) is 2.53. The molecule has 3 nitrogen and oxygen atoms in total. The maximum absolute atomic E-state index is 9.80. The van der Waals surface area contributed by atoms with Gasteiger partial charge in [0.2, 0.25) is 0 Å². The van der Waals surface area contributed by atoms with E-state index in [-0.39, 0.29) is 5.54 Å².